The van der Waals surface area contributed by atoms with E-state index in [4.69, 9.17) is 15.2 Å². The molecule has 122 valence electrons. The summed E-state index contributed by atoms with van der Waals surface area (Å²) in [6, 6.07) is 7.79. The van der Waals surface area contributed by atoms with E-state index in [1.807, 2.05) is 31.2 Å². The molecule has 1 fully saturated rings. The molecule has 0 spiro atoms. The topological polar surface area (TPSA) is 73.5 Å². The molecule has 0 saturated carbocycles. The average Bonchev–Trinajstić information content (AvgIpc) is 2.57. The first-order valence-corrected chi connectivity index (χ1v) is 7.97. The van der Waals surface area contributed by atoms with Gasteiger partial charge >= 0.3 is 0 Å². The van der Waals surface area contributed by atoms with E-state index in [0.717, 1.165) is 43.2 Å². The van der Waals surface area contributed by atoms with Crippen LogP contribution in [0.4, 0.5) is 11.6 Å². The summed E-state index contributed by atoms with van der Waals surface area (Å²) in [5, 5.41) is 0. The number of nitrogen functional groups attached to an aromatic ring is 1. The normalized spacial score (nSPS) is 17.8. The van der Waals surface area contributed by atoms with Gasteiger partial charge in [0.15, 0.2) is 11.5 Å². The Kier molecular flexibility index (Phi) is 4.80. The molecule has 2 heterocycles. The van der Waals surface area contributed by atoms with Crippen LogP contribution in [0.5, 0.6) is 11.5 Å². The summed E-state index contributed by atoms with van der Waals surface area (Å²) < 4.78 is 11.8. The maximum absolute atomic E-state index is 6.17. The number of anilines is 2. The van der Waals surface area contributed by atoms with Crippen molar-refractivity contribution in [3.05, 3.63) is 36.7 Å². The number of ether oxygens (including phenoxy) is 2. The molecule has 1 saturated heterocycles. The fraction of sp³-hybridized carbons (Fsp3) is 0.412. The third kappa shape index (κ3) is 3.83. The van der Waals surface area contributed by atoms with E-state index in [2.05, 4.69) is 14.9 Å². The second kappa shape index (κ2) is 7.17. The monoisotopic (exact) mass is 314 g/mol. The zero-order valence-electron chi connectivity index (χ0n) is 13.3. The van der Waals surface area contributed by atoms with Gasteiger partial charge in [-0.3, -0.25) is 4.98 Å². The van der Waals surface area contributed by atoms with Crippen LogP contribution >= 0.6 is 0 Å². The van der Waals surface area contributed by atoms with Gasteiger partial charge in [0.2, 0.25) is 0 Å². The molecule has 0 radical (unpaired) electrons. The molecule has 0 bridgehead atoms. The molecule has 2 N–H and O–H groups in total. The van der Waals surface area contributed by atoms with Gasteiger partial charge in [0.25, 0.3) is 0 Å². The van der Waals surface area contributed by atoms with E-state index < -0.39 is 0 Å². The Hall–Kier alpha value is -2.50. The molecular weight excluding hydrogens is 292 g/mol. The van der Waals surface area contributed by atoms with E-state index in [1.165, 1.54) is 0 Å². The van der Waals surface area contributed by atoms with Crippen molar-refractivity contribution < 1.29 is 9.47 Å². The van der Waals surface area contributed by atoms with Crippen LogP contribution in [-0.2, 0) is 0 Å². The second-order valence-corrected chi connectivity index (χ2v) is 5.51. The van der Waals surface area contributed by atoms with Crippen molar-refractivity contribution >= 4 is 11.6 Å². The fourth-order valence-corrected chi connectivity index (χ4v) is 2.77. The van der Waals surface area contributed by atoms with Crippen molar-refractivity contribution in [1.82, 2.24) is 9.97 Å². The Balaban J connectivity index is 1.70. The maximum Gasteiger partial charge on any atom is 0.161 e. The number of nitrogens with zero attached hydrogens (tertiary/aromatic N) is 3. The van der Waals surface area contributed by atoms with Gasteiger partial charge < -0.3 is 20.1 Å². The zero-order valence-corrected chi connectivity index (χ0v) is 13.3. The van der Waals surface area contributed by atoms with Crippen molar-refractivity contribution in [2.45, 2.75) is 25.9 Å². The van der Waals surface area contributed by atoms with Gasteiger partial charge in [0, 0.05) is 6.54 Å². The Morgan fingerprint density at radius 3 is 2.87 bits per heavy atom. The Morgan fingerprint density at radius 1 is 1.26 bits per heavy atom. The third-order valence-corrected chi connectivity index (χ3v) is 3.79. The molecule has 2 aromatic rings. The van der Waals surface area contributed by atoms with Gasteiger partial charge in [0.05, 0.1) is 25.5 Å². The number of rotatable bonds is 5. The lowest BCUT2D eigenvalue weighted by Gasteiger charge is -2.33. The zero-order chi connectivity index (χ0) is 16.1. The first-order valence-electron chi connectivity index (χ1n) is 7.97. The molecule has 0 amide bonds. The molecule has 1 aromatic heterocycles. The van der Waals surface area contributed by atoms with Gasteiger partial charge in [0.1, 0.15) is 17.7 Å². The molecule has 6 nitrogen and oxygen atoms in total. The predicted molar refractivity (Wildman–Crippen MR) is 89.9 cm³/mol. The summed E-state index contributed by atoms with van der Waals surface area (Å²) in [4.78, 5) is 10.6. The molecule has 23 heavy (non-hydrogen) atoms. The molecule has 3 rings (SSSR count). The summed E-state index contributed by atoms with van der Waals surface area (Å²) in [5.74, 6) is 2.82. The van der Waals surface area contributed by atoms with Gasteiger partial charge in [-0.2, -0.15) is 0 Å². The molecule has 1 unspecified atom stereocenters. The van der Waals surface area contributed by atoms with Crippen LogP contribution in [0.1, 0.15) is 19.8 Å². The van der Waals surface area contributed by atoms with Crippen LogP contribution in [0.25, 0.3) is 0 Å². The summed E-state index contributed by atoms with van der Waals surface area (Å²) in [6.45, 7) is 4.29. The number of piperidine rings is 1. The van der Waals surface area contributed by atoms with E-state index >= 15 is 0 Å². The van der Waals surface area contributed by atoms with Crippen LogP contribution in [0.3, 0.4) is 0 Å². The molecule has 0 aliphatic carbocycles. The van der Waals surface area contributed by atoms with Gasteiger partial charge in [-0.15, -0.1) is 0 Å². The molecule has 1 aromatic carbocycles. The first kappa shape index (κ1) is 15.4. The summed E-state index contributed by atoms with van der Waals surface area (Å²) >= 11 is 0. The number of para-hydroxylation sites is 2. The van der Waals surface area contributed by atoms with E-state index in [1.54, 1.807) is 12.4 Å². The maximum atomic E-state index is 6.17. The van der Waals surface area contributed by atoms with Crippen molar-refractivity contribution in [1.29, 1.82) is 0 Å². The average molecular weight is 314 g/mol. The van der Waals surface area contributed by atoms with Crippen LogP contribution in [0.15, 0.2) is 36.7 Å². The molecule has 1 aliphatic heterocycles. The van der Waals surface area contributed by atoms with Gasteiger partial charge in [-0.25, -0.2) is 4.98 Å². The number of hydrogen-bond donors (Lipinski definition) is 1. The van der Waals surface area contributed by atoms with Crippen LogP contribution < -0.4 is 20.1 Å². The lowest BCUT2D eigenvalue weighted by Crippen LogP contribution is -2.41. The number of hydrogen-bond acceptors (Lipinski definition) is 6. The summed E-state index contributed by atoms with van der Waals surface area (Å²) in [7, 11) is 0. The lowest BCUT2D eigenvalue weighted by atomic mass is 10.1. The fourth-order valence-electron chi connectivity index (χ4n) is 2.77. The van der Waals surface area contributed by atoms with Crippen LogP contribution in [0.2, 0.25) is 0 Å². The molecule has 1 aliphatic rings. The molecule has 6 heteroatoms. The highest BCUT2D eigenvalue weighted by atomic mass is 16.5. The quantitative estimate of drug-likeness (QED) is 0.914. The standard InChI is InChI=1S/C17H22N4O2/c1-2-22-14-7-3-4-8-15(14)23-13-6-5-9-21(12-13)17-11-19-10-16(18)20-17/h3-4,7-8,10-11,13H,2,5-6,9,12H2,1H3,(H2,18,20). The second-order valence-electron chi connectivity index (χ2n) is 5.51. The predicted octanol–water partition coefficient (Wildman–Crippen LogP) is 2.51. The minimum absolute atomic E-state index is 0.0913. The highest BCUT2D eigenvalue weighted by Crippen LogP contribution is 2.29. The van der Waals surface area contributed by atoms with E-state index in [-0.39, 0.29) is 6.10 Å². The summed E-state index contributed by atoms with van der Waals surface area (Å²) in [6.07, 6.45) is 5.44. The largest absolute Gasteiger partial charge is 0.490 e. The Bertz CT molecular complexity index is 650. The first-order chi connectivity index (χ1) is 11.3. The van der Waals surface area contributed by atoms with Crippen molar-refractivity contribution in [3.8, 4) is 11.5 Å². The van der Waals surface area contributed by atoms with Crippen LogP contribution in [-0.4, -0.2) is 35.8 Å². The summed E-state index contributed by atoms with van der Waals surface area (Å²) in [5.41, 5.74) is 5.73. The minimum atomic E-state index is 0.0913. The number of nitrogens with two attached hydrogens (primary N) is 1. The minimum Gasteiger partial charge on any atom is -0.490 e. The molecule has 1 atom stereocenters. The van der Waals surface area contributed by atoms with E-state index in [0.29, 0.717) is 12.4 Å². The molecular formula is C17H22N4O2. The SMILES string of the molecule is CCOc1ccccc1OC1CCCN(c2cncc(N)n2)C1. The highest BCUT2D eigenvalue weighted by molar-refractivity contribution is 5.43. The smallest absolute Gasteiger partial charge is 0.161 e. The number of aromatic nitrogens is 2. The Morgan fingerprint density at radius 2 is 2.09 bits per heavy atom. The highest BCUT2D eigenvalue weighted by Gasteiger charge is 2.23. The van der Waals surface area contributed by atoms with Gasteiger partial charge in [-0.1, -0.05) is 12.1 Å². The van der Waals surface area contributed by atoms with Crippen LogP contribution in [0, 0.1) is 0 Å². The Labute approximate surface area is 136 Å². The van der Waals surface area contributed by atoms with Crippen molar-refractivity contribution in [2.75, 3.05) is 30.3 Å². The lowest BCUT2D eigenvalue weighted by molar-refractivity contribution is 0.170. The van der Waals surface area contributed by atoms with Crippen molar-refractivity contribution in [2.24, 2.45) is 0 Å². The van der Waals surface area contributed by atoms with E-state index in [9.17, 15) is 0 Å². The van der Waals surface area contributed by atoms with Gasteiger partial charge in [-0.05, 0) is 31.9 Å². The number of benzene rings is 1. The third-order valence-electron chi connectivity index (χ3n) is 3.79. The van der Waals surface area contributed by atoms with Crippen molar-refractivity contribution in [3.63, 3.8) is 0 Å².